The van der Waals surface area contributed by atoms with Crippen molar-refractivity contribution in [2.45, 2.75) is 27.2 Å². The highest BCUT2D eigenvalue weighted by Gasteiger charge is 2.26. The summed E-state index contributed by atoms with van der Waals surface area (Å²) in [5.41, 5.74) is 7.06. The predicted molar refractivity (Wildman–Crippen MR) is 62.1 cm³/mol. The molecule has 1 unspecified atom stereocenters. The minimum Gasteiger partial charge on any atom is -0.330 e. The molecule has 1 rings (SSSR count). The first-order valence-corrected chi connectivity index (χ1v) is 5.42. The molecule has 1 aromatic rings. The molecular weight excluding hydrogens is 189 g/mol. The normalized spacial score (nSPS) is 15.3. The molecule has 0 aromatic heterocycles. The zero-order valence-electron chi connectivity index (χ0n) is 9.76. The molecule has 0 radical (unpaired) electrons. The average molecular weight is 209 g/mol. The first kappa shape index (κ1) is 12.2. The molecule has 2 heteroatoms. The smallest absolute Gasteiger partial charge is 0.123 e. The van der Waals surface area contributed by atoms with Gasteiger partial charge in [-0.3, -0.25) is 0 Å². The summed E-state index contributed by atoms with van der Waals surface area (Å²) in [6.45, 7) is 7.19. The Kier molecular flexibility index (Phi) is 3.86. The number of hydrogen-bond acceptors (Lipinski definition) is 1. The summed E-state index contributed by atoms with van der Waals surface area (Å²) in [4.78, 5) is 0. The van der Waals surface area contributed by atoms with Gasteiger partial charge in [-0.1, -0.05) is 32.9 Å². The minimum atomic E-state index is -0.183. The standard InChI is InChI=1S/C13H20FN/c1-10(2)13(3,9-15)8-11-4-6-12(14)7-5-11/h4-7,10H,8-9,15H2,1-3H3. The minimum absolute atomic E-state index is 0.0951. The van der Waals surface area contributed by atoms with Crippen LogP contribution in [-0.4, -0.2) is 6.54 Å². The van der Waals surface area contributed by atoms with E-state index in [1.165, 1.54) is 12.1 Å². The van der Waals surface area contributed by atoms with Crippen molar-refractivity contribution in [2.24, 2.45) is 17.1 Å². The monoisotopic (exact) mass is 209 g/mol. The molecule has 0 bridgehead atoms. The fourth-order valence-electron chi connectivity index (χ4n) is 1.58. The van der Waals surface area contributed by atoms with E-state index in [2.05, 4.69) is 20.8 Å². The largest absolute Gasteiger partial charge is 0.330 e. The summed E-state index contributed by atoms with van der Waals surface area (Å²) >= 11 is 0. The zero-order valence-corrected chi connectivity index (χ0v) is 9.76. The van der Waals surface area contributed by atoms with Crippen molar-refractivity contribution in [1.82, 2.24) is 0 Å². The molecule has 0 saturated heterocycles. The summed E-state index contributed by atoms with van der Waals surface area (Å²) in [6, 6.07) is 6.69. The highest BCUT2D eigenvalue weighted by atomic mass is 19.1. The fourth-order valence-corrected chi connectivity index (χ4v) is 1.58. The summed E-state index contributed by atoms with van der Waals surface area (Å²) < 4.78 is 12.7. The Labute approximate surface area is 91.5 Å². The second-order valence-corrected chi connectivity index (χ2v) is 4.82. The summed E-state index contributed by atoms with van der Waals surface area (Å²) in [7, 11) is 0. The van der Waals surface area contributed by atoms with Crippen molar-refractivity contribution in [3.05, 3.63) is 35.6 Å². The molecule has 1 nitrogen and oxygen atoms in total. The van der Waals surface area contributed by atoms with E-state index in [4.69, 9.17) is 5.73 Å². The number of nitrogens with two attached hydrogens (primary N) is 1. The Hall–Kier alpha value is -0.890. The maximum Gasteiger partial charge on any atom is 0.123 e. The van der Waals surface area contributed by atoms with Crippen molar-refractivity contribution in [3.8, 4) is 0 Å². The lowest BCUT2D eigenvalue weighted by atomic mass is 9.74. The molecule has 0 aliphatic carbocycles. The first-order valence-electron chi connectivity index (χ1n) is 5.42. The second kappa shape index (κ2) is 4.75. The first-order chi connectivity index (χ1) is 6.98. The van der Waals surface area contributed by atoms with Gasteiger partial charge in [-0.2, -0.15) is 0 Å². The van der Waals surface area contributed by atoms with Crippen LogP contribution >= 0.6 is 0 Å². The molecule has 0 amide bonds. The number of rotatable bonds is 4. The molecule has 0 saturated carbocycles. The van der Waals surface area contributed by atoms with Crippen LogP contribution in [0.1, 0.15) is 26.3 Å². The molecule has 0 spiro atoms. The van der Waals surface area contributed by atoms with E-state index >= 15 is 0 Å². The zero-order chi connectivity index (χ0) is 11.5. The molecular formula is C13H20FN. The third-order valence-corrected chi connectivity index (χ3v) is 3.38. The maximum atomic E-state index is 12.7. The summed E-state index contributed by atoms with van der Waals surface area (Å²) in [6.07, 6.45) is 0.904. The van der Waals surface area contributed by atoms with Crippen LogP contribution in [0, 0.1) is 17.2 Å². The Morgan fingerprint density at radius 3 is 2.20 bits per heavy atom. The van der Waals surface area contributed by atoms with Gasteiger partial charge in [0.15, 0.2) is 0 Å². The summed E-state index contributed by atoms with van der Waals surface area (Å²) in [5, 5.41) is 0. The van der Waals surface area contributed by atoms with Crippen LogP contribution in [-0.2, 0) is 6.42 Å². The van der Waals surface area contributed by atoms with E-state index in [9.17, 15) is 4.39 Å². The van der Waals surface area contributed by atoms with Gasteiger partial charge in [-0.25, -0.2) is 4.39 Å². The predicted octanol–water partition coefficient (Wildman–Crippen LogP) is 2.99. The van der Waals surface area contributed by atoms with Crippen LogP contribution < -0.4 is 5.73 Å². The van der Waals surface area contributed by atoms with Crippen molar-refractivity contribution in [1.29, 1.82) is 0 Å². The lowest BCUT2D eigenvalue weighted by molar-refractivity contribution is 0.227. The number of benzene rings is 1. The second-order valence-electron chi connectivity index (χ2n) is 4.82. The Bertz CT molecular complexity index is 305. The van der Waals surface area contributed by atoms with Gasteiger partial charge in [0.05, 0.1) is 0 Å². The molecule has 0 aliphatic rings. The highest BCUT2D eigenvalue weighted by molar-refractivity contribution is 5.17. The van der Waals surface area contributed by atoms with E-state index < -0.39 is 0 Å². The van der Waals surface area contributed by atoms with Gasteiger partial charge in [0, 0.05) is 0 Å². The fraction of sp³-hybridized carbons (Fsp3) is 0.538. The van der Waals surface area contributed by atoms with Crippen molar-refractivity contribution in [2.75, 3.05) is 6.54 Å². The SMILES string of the molecule is CC(C)C(C)(CN)Cc1ccc(F)cc1. The van der Waals surface area contributed by atoms with E-state index in [-0.39, 0.29) is 11.2 Å². The Morgan fingerprint density at radius 1 is 1.27 bits per heavy atom. The quantitative estimate of drug-likeness (QED) is 0.810. The molecule has 15 heavy (non-hydrogen) atoms. The topological polar surface area (TPSA) is 26.0 Å². The lowest BCUT2D eigenvalue weighted by Gasteiger charge is -2.32. The van der Waals surface area contributed by atoms with E-state index in [1.807, 2.05) is 12.1 Å². The van der Waals surface area contributed by atoms with Crippen LogP contribution in [0.4, 0.5) is 4.39 Å². The van der Waals surface area contributed by atoms with Crippen LogP contribution in [0.3, 0.4) is 0 Å². The Morgan fingerprint density at radius 2 is 1.80 bits per heavy atom. The van der Waals surface area contributed by atoms with Crippen LogP contribution in [0.5, 0.6) is 0 Å². The van der Waals surface area contributed by atoms with Gasteiger partial charge in [-0.15, -0.1) is 0 Å². The highest BCUT2D eigenvalue weighted by Crippen LogP contribution is 2.30. The van der Waals surface area contributed by atoms with Gasteiger partial charge >= 0.3 is 0 Å². The molecule has 1 aromatic carbocycles. The third kappa shape index (κ3) is 3.03. The van der Waals surface area contributed by atoms with Crippen molar-refractivity contribution in [3.63, 3.8) is 0 Å². The molecule has 0 aliphatic heterocycles. The van der Waals surface area contributed by atoms with Crippen LogP contribution in [0.2, 0.25) is 0 Å². The van der Waals surface area contributed by atoms with E-state index in [0.29, 0.717) is 12.5 Å². The summed E-state index contributed by atoms with van der Waals surface area (Å²) in [5.74, 6) is 0.338. The molecule has 2 N–H and O–H groups in total. The molecule has 0 fully saturated rings. The van der Waals surface area contributed by atoms with E-state index in [0.717, 1.165) is 12.0 Å². The lowest BCUT2D eigenvalue weighted by Crippen LogP contribution is -2.34. The third-order valence-electron chi connectivity index (χ3n) is 3.38. The van der Waals surface area contributed by atoms with Gasteiger partial charge in [0.1, 0.15) is 5.82 Å². The van der Waals surface area contributed by atoms with Gasteiger partial charge in [0.2, 0.25) is 0 Å². The van der Waals surface area contributed by atoms with Gasteiger partial charge < -0.3 is 5.73 Å². The molecule has 84 valence electrons. The number of halogens is 1. The van der Waals surface area contributed by atoms with Gasteiger partial charge in [0.25, 0.3) is 0 Å². The number of hydrogen-bond donors (Lipinski definition) is 1. The average Bonchev–Trinajstić information content (AvgIpc) is 2.21. The van der Waals surface area contributed by atoms with Gasteiger partial charge in [-0.05, 0) is 42.0 Å². The van der Waals surface area contributed by atoms with Crippen molar-refractivity contribution >= 4 is 0 Å². The maximum absolute atomic E-state index is 12.7. The van der Waals surface area contributed by atoms with Crippen LogP contribution in [0.25, 0.3) is 0 Å². The van der Waals surface area contributed by atoms with E-state index in [1.54, 1.807) is 0 Å². The Balaban J connectivity index is 2.79. The van der Waals surface area contributed by atoms with Crippen LogP contribution in [0.15, 0.2) is 24.3 Å². The molecule has 1 atom stereocenters. The van der Waals surface area contributed by atoms with Crippen molar-refractivity contribution < 1.29 is 4.39 Å². The molecule has 0 heterocycles.